The zero-order chi connectivity index (χ0) is 14.8. The summed E-state index contributed by atoms with van der Waals surface area (Å²) in [6, 6.07) is 5.28. The van der Waals surface area contributed by atoms with E-state index in [0.717, 1.165) is 18.4 Å². The van der Waals surface area contributed by atoms with E-state index in [0.29, 0.717) is 22.9 Å². The fourth-order valence-electron chi connectivity index (χ4n) is 2.26. The molecule has 0 bridgehead atoms. The number of unbranched alkanes of at least 4 members (excludes halogenated alkanes) is 6. The third-order valence-corrected chi connectivity index (χ3v) is 4.06. The van der Waals surface area contributed by atoms with Gasteiger partial charge in [-0.25, -0.2) is 0 Å². The fraction of sp³-hybridized carbons (Fsp3) is 0.588. The first-order valence-corrected chi connectivity index (χ1v) is 8.34. The Morgan fingerprint density at radius 2 is 1.65 bits per heavy atom. The van der Waals surface area contributed by atoms with Crippen LogP contribution in [0.15, 0.2) is 18.2 Å². The normalized spacial score (nSPS) is 10.8. The van der Waals surface area contributed by atoms with Crippen LogP contribution in [0.1, 0.15) is 63.9 Å². The minimum absolute atomic E-state index is 0.253. The van der Waals surface area contributed by atoms with Crippen molar-refractivity contribution in [3.63, 3.8) is 0 Å². The molecule has 3 heteroatoms. The Hall–Kier alpha value is -0.530. The Balaban J connectivity index is 2.19. The van der Waals surface area contributed by atoms with Crippen molar-refractivity contribution in [2.24, 2.45) is 0 Å². The number of carbonyl (C=O) groups excluding carboxylic acids is 1. The molecule has 1 aromatic rings. The summed E-state index contributed by atoms with van der Waals surface area (Å²) in [5, 5.41) is 1.26. The molecule has 0 spiro atoms. The molecule has 1 nitrogen and oxygen atoms in total. The van der Waals surface area contributed by atoms with Crippen molar-refractivity contribution in [3.8, 4) is 0 Å². The molecule has 0 saturated carbocycles. The molecule has 0 fully saturated rings. The quantitative estimate of drug-likeness (QED) is 0.467. The minimum atomic E-state index is 0.253. The Morgan fingerprint density at radius 1 is 1.00 bits per heavy atom. The lowest BCUT2D eigenvalue weighted by Crippen LogP contribution is -2.03. The summed E-state index contributed by atoms with van der Waals surface area (Å²) in [7, 11) is 0. The molecule has 0 heterocycles. The molecule has 0 aromatic heterocycles. The van der Waals surface area contributed by atoms with Gasteiger partial charge in [-0.2, -0.15) is 0 Å². The monoisotopic (exact) mass is 314 g/mol. The van der Waals surface area contributed by atoms with E-state index in [1.165, 1.54) is 32.1 Å². The van der Waals surface area contributed by atoms with E-state index in [9.17, 15) is 4.79 Å². The third kappa shape index (κ3) is 7.31. The van der Waals surface area contributed by atoms with Gasteiger partial charge in [0.2, 0.25) is 0 Å². The predicted molar refractivity (Wildman–Crippen MR) is 87.8 cm³/mol. The standard InChI is InChI=1S/C17H24Cl2O/c1-2-3-4-5-6-7-8-9-16(20)13-14-12-15(18)10-11-17(14)19/h10-12H,2-9,13H2,1H3. The lowest BCUT2D eigenvalue weighted by Gasteiger charge is -2.05. The van der Waals surface area contributed by atoms with Gasteiger partial charge < -0.3 is 0 Å². The molecule has 0 saturated heterocycles. The van der Waals surface area contributed by atoms with Gasteiger partial charge in [0, 0.05) is 22.9 Å². The molecule has 0 N–H and O–H groups in total. The van der Waals surface area contributed by atoms with E-state index in [1.54, 1.807) is 18.2 Å². The number of hydrogen-bond donors (Lipinski definition) is 0. The van der Waals surface area contributed by atoms with Gasteiger partial charge in [0.25, 0.3) is 0 Å². The van der Waals surface area contributed by atoms with E-state index >= 15 is 0 Å². The lowest BCUT2D eigenvalue weighted by molar-refractivity contribution is -0.118. The average Bonchev–Trinajstić information content (AvgIpc) is 2.42. The molecule has 1 aromatic carbocycles. The Kier molecular flexibility index (Phi) is 8.97. The zero-order valence-electron chi connectivity index (χ0n) is 12.3. The molecule has 1 rings (SSSR count). The summed E-state index contributed by atoms with van der Waals surface area (Å²) < 4.78 is 0. The molecule has 0 aliphatic carbocycles. The van der Waals surface area contributed by atoms with Gasteiger partial charge in [-0.15, -0.1) is 0 Å². The molecule has 0 aliphatic rings. The van der Waals surface area contributed by atoms with Crippen molar-refractivity contribution in [2.75, 3.05) is 0 Å². The predicted octanol–water partition coefficient (Wildman–Crippen LogP) is 6.25. The van der Waals surface area contributed by atoms with Gasteiger partial charge >= 0.3 is 0 Å². The van der Waals surface area contributed by atoms with E-state index in [2.05, 4.69) is 6.92 Å². The second-order valence-electron chi connectivity index (χ2n) is 5.32. The van der Waals surface area contributed by atoms with E-state index in [4.69, 9.17) is 23.2 Å². The maximum atomic E-state index is 11.9. The fourth-order valence-corrected chi connectivity index (χ4v) is 2.64. The maximum absolute atomic E-state index is 11.9. The number of halogens is 2. The highest BCUT2D eigenvalue weighted by Crippen LogP contribution is 2.22. The highest BCUT2D eigenvalue weighted by atomic mass is 35.5. The van der Waals surface area contributed by atoms with E-state index in [1.807, 2.05) is 0 Å². The zero-order valence-corrected chi connectivity index (χ0v) is 13.8. The number of carbonyl (C=O) groups is 1. The number of benzene rings is 1. The van der Waals surface area contributed by atoms with Crippen LogP contribution in [0.3, 0.4) is 0 Å². The molecule has 0 unspecified atom stereocenters. The first-order valence-electron chi connectivity index (χ1n) is 7.59. The van der Waals surface area contributed by atoms with Crippen molar-refractivity contribution < 1.29 is 4.79 Å². The summed E-state index contributed by atoms with van der Waals surface area (Å²) in [5.74, 6) is 0.253. The van der Waals surface area contributed by atoms with Crippen LogP contribution >= 0.6 is 23.2 Å². The highest BCUT2D eigenvalue weighted by molar-refractivity contribution is 6.33. The third-order valence-electron chi connectivity index (χ3n) is 3.45. The SMILES string of the molecule is CCCCCCCCCC(=O)Cc1cc(Cl)ccc1Cl. The topological polar surface area (TPSA) is 17.1 Å². The van der Waals surface area contributed by atoms with Crippen LogP contribution < -0.4 is 0 Å². The molecule has 0 aliphatic heterocycles. The number of rotatable bonds is 10. The number of Topliss-reactive ketones (excluding diaryl/α,β-unsaturated/α-hetero) is 1. The summed E-state index contributed by atoms with van der Waals surface area (Å²) in [5.41, 5.74) is 0.840. The Labute approximate surface area is 132 Å². The van der Waals surface area contributed by atoms with Crippen LogP contribution in [0.5, 0.6) is 0 Å². The number of ketones is 1. The summed E-state index contributed by atoms with van der Waals surface area (Å²) in [6.07, 6.45) is 9.65. The van der Waals surface area contributed by atoms with Crippen LogP contribution in [0.25, 0.3) is 0 Å². The first-order chi connectivity index (χ1) is 9.63. The Morgan fingerprint density at radius 3 is 2.35 bits per heavy atom. The van der Waals surface area contributed by atoms with Gasteiger partial charge in [-0.05, 0) is 30.2 Å². The Bertz CT molecular complexity index is 415. The van der Waals surface area contributed by atoms with Crippen molar-refractivity contribution in [3.05, 3.63) is 33.8 Å². The molecular weight excluding hydrogens is 291 g/mol. The van der Waals surface area contributed by atoms with Crippen molar-refractivity contribution in [1.29, 1.82) is 0 Å². The number of hydrogen-bond acceptors (Lipinski definition) is 1. The average molecular weight is 315 g/mol. The van der Waals surface area contributed by atoms with Crippen LogP contribution in [0, 0.1) is 0 Å². The lowest BCUT2D eigenvalue weighted by atomic mass is 10.0. The second-order valence-corrected chi connectivity index (χ2v) is 6.17. The molecule has 0 radical (unpaired) electrons. The molecular formula is C17H24Cl2O. The summed E-state index contributed by atoms with van der Waals surface area (Å²) in [6.45, 7) is 2.22. The molecule has 112 valence electrons. The second kappa shape index (κ2) is 10.2. The molecule has 0 amide bonds. The smallest absolute Gasteiger partial charge is 0.137 e. The van der Waals surface area contributed by atoms with Gasteiger partial charge in [0.05, 0.1) is 0 Å². The van der Waals surface area contributed by atoms with Crippen LogP contribution in [-0.4, -0.2) is 5.78 Å². The minimum Gasteiger partial charge on any atom is -0.299 e. The largest absolute Gasteiger partial charge is 0.299 e. The van der Waals surface area contributed by atoms with Gasteiger partial charge in [0.1, 0.15) is 5.78 Å². The molecule has 0 atom stereocenters. The van der Waals surface area contributed by atoms with Gasteiger partial charge in [-0.3, -0.25) is 4.79 Å². The van der Waals surface area contributed by atoms with Gasteiger partial charge in [0.15, 0.2) is 0 Å². The van der Waals surface area contributed by atoms with Crippen LogP contribution in [-0.2, 0) is 11.2 Å². The van der Waals surface area contributed by atoms with Crippen molar-refractivity contribution in [2.45, 2.75) is 64.7 Å². The van der Waals surface area contributed by atoms with E-state index < -0.39 is 0 Å². The molecule has 20 heavy (non-hydrogen) atoms. The van der Waals surface area contributed by atoms with Crippen LogP contribution in [0.2, 0.25) is 10.0 Å². The first kappa shape index (κ1) is 17.5. The summed E-state index contributed by atoms with van der Waals surface area (Å²) in [4.78, 5) is 11.9. The van der Waals surface area contributed by atoms with E-state index in [-0.39, 0.29) is 5.78 Å². The van der Waals surface area contributed by atoms with Crippen molar-refractivity contribution >= 4 is 29.0 Å². The maximum Gasteiger partial charge on any atom is 0.137 e. The summed E-state index contributed by atoms with van der Waals surface area (Å²) >= 11 is 12.0. The van der Waals surface area contributed by atoms with Gasteiger partial charge in [-0.1, -0.05) is 68.7 Å². The highest BCUT2D eigenvalue weighted by Gasteiger charge is 2.07. The van der Waals surface area contributed by atoms with Crippen LogP contribution in [0.4, 0.5) is 0 Å². The van der Waals surface area contributed by atoms with Crippen molar-refractivity contribution in [1.82, 2.24) is 0 Å².